The quantitative estimate of drug-likeness (QED) is 0.869. The number of nitrogens with zero attached hydrogens (tertiary/aromatic N) is 1. The van der Waals surface area contributed by atoms with Gasteiger partial charge in [-0.25, -0.2) is 4.79 Å². The summed E-state index contributed by atoms with van der Waals surface area (Å²) < 4.78 is 0.920. The van der Waals surface area contributed by atoms with Crippen molar-refractivity contribution in [2.24, 2.45) is 0 Å². The standard InChI is InChI=1S/C13H14BrNO4/c14-9-3-1-8(2-4-9)5-12(17)15-7-10(16)6-11(15)13(18)19/h1-4,10-11,16H,5-7H2,(H,18,19)/t10-,11-/m1/s1. The van der Waals surface area contributed by atoms with Gasteiger partial charge in [0, 0.05) is 17.4 Å². The second-order valence-corrected chi connectivity index (χ2v) is 5.51. The monoisotopic (exact) mass is 327 g/mol. The zero-order valence-electron chi connectivity index (χ0n) is 10.1. The minimum Gasteiger partial charge on any atom is -0.480 e. The highest BCUT2D eigenvalue weighted by Gasteiger charge is 2.38. The molecule has 1 heterocycles. The molecule has 1 saturated heterocycles. The first kappa shape index (κ1) is 14.0. The molecule has 0 bridgehead atoms. The molecule has 0 aliphatic carbocycles. The Morgan fingerprint density at radius 1 is 1.32 bits per heavy atom. The van der Waals surface area contributed by atoms with Gasteiger partial charge in [0.1, 0.15) is 6.04 Å². The van der Waals surface area contributed by atoms with Crippen LogP contribution in [-0.2, 0) is 16.0 Å². The first-order valence-corrected chi connectivity index (χ1v) is 6.71. The number of β-amino-alcohol motifs (C(OH)–C–C–N with tert-alkyl or cyclic N) is 1. The van der Waals surface area contributed by atoms with Gasteiger partial charge in [-0.2, -0.15) is 0 Å². The van der Waals surface area contributed by atoms with Crippen LogP contribution in [0.15, 0.2) is 28.7 Å². The predicted molar refractivity (Wildman–Crippen MR) is 71.6 cm³/mol. The molecule has 102 valence electrons. The Balaban J connectivity index is 2.06. The summed E-state index contributed by atoms with van der Waals surface area (Å²) in [6.07, 6.45) is -0.513. The summed E-state index contributed by atoms with van der Waals surface area (Å²) in [7, 11) is 0. The van der Waals surface area contributed by atoms with Gasteiger partial charge >= 0.3 is 5.97 Å². The second-order valence-electron chi connectivity index (χ2n) is 4.59. The molecular formula is C13H14BrNO4. The SMILES string of the molecule is O=C(O)[C@H]1C[C@@H](O)CN1C(=O)Cc1ccc(Br)cc1. The van der Waals surface area contributed by atoms with Crippen LogP contribution in [0.2, 0.25) is 0 Å². The Bertz CT molecular complexity index is 488. The Morgan fingerprint density at radius 2 is 1.95 bits per heavy atom. The molecular weight excluding hydrogens is 314 g/mol. The maximum absolute atomic E-state index is 12.1. The molecule has 1 fully saturated rings. The fourth-order valence-corrected chi connectivity index (χ4v) is 2.47. The Kier molecular flexibility index (Phi) is 4.21. The summed E-state index contributed by atoms with van der Waals surface area (Å²) in [5.41, 5.74) is 0.818. The molecule has 5 nitrogen and oxygen atoms in total. The maximum atomic E-state index is 12.1. The van der Waals surface area contributed by atoms with E-state index in [0.29, 0.717) is 0 Å². The van der Waals surface area contributed by atoms with Crippen LogP contribution in [-0.4, -0.2) is 45.7 Å². The van der Waals surface area contributed by atoms with Crippen molar-refractivity contribution in [3.8, 4) is 0 Å². The molecule has 19 heavy (non-hydrogen) atoms. The van der Waals surface area contributed by atoms with E-state index in [1.54, 1.807) is 0 Å². The van der Waals surface area contributed by atoms with Crippen molar-refractivity contribution in [3.63, 3.8) is 0 Å². The van der Waals surface area contributed by atoms with Gasteiger partial charge < -0.3 is 15.1 Å². The van der Waals surface area contributed by atoms with Crippen molar-refractivity contribution >= 4 is 27.8 Å². The van der Waals surface area contributed by atoms with E-state index in [-0.39, 0.29) is 25.3 Å². The van der Waals surface area contributed by atoms with Crippen molar-refractivity contribution in [1.82, 2.24) is 4.90 Å². The van der Waals surface area contributed by atoms with Crippen LogP contribution < -0.4 is 0 Å². The molecule has 0 unspecified atom stereocenters. The fourth-order valence-electron chi connectivity index (χ4n) is 2.20. The molecule has 2 atom stereocenters. The molecule has 0 aromatic heterocycles. The third kappa shape index (κ3) is 3.33. The number of carbonyl (C=O) groups excluding carboxylic acids is 1. The molecule has 1 aromatic carbocycles. The van der Waals surface area contributed by atoms with Gasteiger partial charge in [-0.05, 0) is 17.7 Å². The van der Waals surface area contributed by atoms with Gasteiger partial charge in [0.05, 0.1) is 12.5 Å². The number of rotatable bonds is 3. The number of halogens is 1. The molecule has 2 rings (SSSR count). The third-order valence-corrected chi connectivity index (χ3v) is 3.68. The Hall–Kier alpha value is -1.40. The lowest BCUT2D eigenvalue weighted by Crippen LogP contribution is -2.41. The first-order valence-electron chi connectivity index (χ1n) is 5.92. The van der Waals surface area contributed by atoms with Crippen molar-refractivity contribution in [1.29, 1.82) is 0 Å². The zero-order chi connectivity index (χ0) is 14.0. The van der Waals surface area contributed by atoms with Gasteiger partial charge in [0.25, 0.3) is 0 Å². The van der Waals surface area contributed by atoms with E-state index in [0.717, 1.165) is 10.0 Å². The van der Waals surface area contributed by atoms with E-state index in [1.807, 2.05) is 24.3 Å². The van der Waals surface area contributed by atoms with E-state index in [4.69, 9.17) is 5.11 Å². The van der Waals surface area contributed by atoms with Gasteiger partial charge in [-0.3, -0.25) is 4.79 Å². The number of benzene rings is 1. The zero-order valence-corrected chi connectivity index (χ0v) is 11.7. The van der Waals surface area contributed by atoms with Crippen LogP contribution in [0.3, 0.4) is 0 Å². The number of amides is 1. The van der Waals surface area contributed by atoms with Gasteiger partial charge in [-0.15, -0.1) is 0 Å². The highest BCUT2D eigenvalue weighted by molar-refractivity contribution is 9.10. The van der Waals surface area contributed by atoms with Crippen LogP contribution in [0.1, 0.15) is 12.0 Å². The van der Waals surface area contributed by atoms with Crippen molar-refractivity contribution in [2.75, 3.05) is 6.54 Å². The second kappa shape index (κ2) is 5.71. The average Bonchev–Trinajstić information content (AvgIpc) is 2.74. The van der Waals surface area contributed by atoms with Gasteiger partial charge in [0.2, 0.25) is 5.91 Å². The van der Waals surface area contributed by atoms with Crippen molar-refractivity contribution in [2.45, 2.75) is 25.0 Å². The number of aliphatic carboxylic acids is 1. The summed E-state index contributed by atoms with van der Waals surface area (Å²) in [4.78, 5) is 24.4. The summed E-state index contributed by atoms with van der Waals surface area (Å²) in [6.45, 7) is 0.0896. The average molecular weight is 328 g/mol. The molecule has 0 spiro atoms. The predicted octanol–water partition coefficient (Wildman–Crippen LogP) is 1.04. The smallest absolute Gasteiger partial charge is 0.326 e. The molecule has 1 aliphatic rings. The van der Waals surface area contributed by atoms with E-state index >= 15 is 0 Å². The first-order chi connectivity index (χ1) is 8.97. The van der Waals surface area contributed by atoms with Crippen LogP contribution in [0.4, 0.5) is 0 Å². The molecule has 1 amide bonds. The van der Waals surface area contributed by atoms with E-state index in [1.165, 1.54) is 4.90 Å². The van der Waals surface area contributed by atoms with E-state index in [9.17, 15) is 14.7 Å². The van der Waals surface area contributed by atoms with Crippen LogP contribution in [0.5, 0.6) is 0 Å². The highest BCUT2D eigenvalue weighted by atomic mass is 79.9. The third-order valence-electron chi connectivity index (χ3n) is 3.15. The molecule has 0 radical (unpaired) electrons. The molecule has 2 N–H and O–H groups in total. The van der Waals surface area contributed by atoms with Gasteiger partial charge in [-0.1, -0.05) is 28.1 Å². The van der Waals surface area contributed by atoms with E-state index < -0.39 is 18.1 Å². The highest BCUT2D eigenvalue weighted by Crippen LogP contribution is 2.20. The van der Waals surface area contributed by atoms with E-state index in [2.05, 4.69) is 15.9 Å². The van der Waals surface area contributed by atoms with Crippen LogP contribution in [0.25, 0.3) is 0 Å². The number of hydrogen-bond donors (Lipinski definition) is 2. The number of likely N-dealkylation sites (tertiary alicyclic amines) is 1. The molecule has 1 aliphatic heterocycles. The number of carboxylic acids is 1. The maximum Gasteiger partial charge on any atom is 0.326 e. The summed E-state index contributed by atoms with van der Waals surface area (Å²) >= 11 is 3.31. The number of hydrogen-bond acceptors (Lipinski definition) is 3. The fraction of sp³-hybridized carbons (Fsp3) is 0.385. The topological polar surface area (TPSA) is 77.8 Å². The lowest BCUT2D eigenvalue weighted by molar-refractivity contribution is -0.148. The number of aliphatic hydroxyl groups excluding tert-OH is 1. The lowest BCUT2D eigenvalue weighted by Gasteiger charge is -2.21. The van der Waals surface area contributed by atoms with Crippen LogP contribution >= 0.6 is 15.9 Å². The minimum absolute atomic E-state index is 0.0896. The summed E-state index contributed by atoms with van der Waals surface area (Å²) in [5.74, 6) is -1.34. The Morgan fingerprint density at radius 3 is 2.53 bits per heavy atom. The van der Waals surface area contributed by atoms with Gasteiger partial charge in [0.15, 0.2) is 0 Å². The largest absolute Gasteiger partial charge is 0.480 e. The van der Waals surface area contributed by atoms with Crippen LogP contribution in [0, 0.1) is 0 Å². The lowest BCUT2D eigenvalue weighted by atomic mass is 10.1. The summed E-state index contributed by atoms with van der Waals surface area (Å²) in [6, 6.07) is 6.36. The molecule has 0 saturated carbocycles. The minimum atomic E-state index is -1.07. The Labute approximate surface area is 119 Å². The normalized spacial score (nSPS) is 22.5. The number of carboxylic acid groups (broad SMARTS) is 1. The summed E-state index contributed by atoms with van der Waals surface area (Å²) in [5, 5.41) is 18.5. The molecule has 1 aromatic rings. The van der Waals surface area contributed by atoms with Crippen molar-refractivity contribution in [3.05, 3.63) is 34.3 Å². The number of carbonyl (C=O) groups is 2. The number of aliphatic hydroxyl groups is 1. The van der Waals surface area contributed by atoms with Crippen molar-refractivity contribution < 1.29 is 19.8 Å². The molecule has 6 heteroatoms.